The number of fused-ring (bicyclic) bond motifs is 5. The largest absolute Gasteiger partial charge is 0.277 e. The molecule has 5 heteroatoms. The minimum Gasteiger partial charge on any atom is -0.277 e. The Balaban J connectivity index is 1.12. The summed E-state index contributed by atoms with van der Waals surface area (Å²) in [6, 6.07) is 69.6. The molecule has 0 aliphatic rings. The first kappa shape index (κ1) is 32.7. The zero-order valence-corrected chi connectivity index (χ0v) is 30.8. The number of rotatable bonds is 6. The van der Waals surface area contributed by atoms with Crippen molar-refractivity contribution in [1.29, 1.82) is 0 Å². The van der Waals surface area contributed by atoms with Crippen molar-refractivity contribution in [3.63, 3.8) is 0 Å². The summed E-state index contributed by atoms with van der Waals surface area (Å²) in [4.78, 5) is 21.1. The number of hydrogen-bond acceptors (Lipinski definition) is 4. The van der Waals surface area contributed by atoms with E-state index >= 15 is 0 Å². The normalized spacial score (nSPS) is 11.5. The molecule has 57 heavy (non-hydrogen) atoms. The van der Waals surface area contributed by atoms with E-state index < -0.39 is 0 Å². The van der Waals surface area contributed by atoms with Crippen LogP contribution >= 0.6 is 0 Å². The van der Waals surface area contributed by atoms with Crippen molar-refractivity contribution < 1.29 is 0 Å². The summed E-state index contributed by atoms with van der Waals surface area (Å²) in [6.07, 6.45) is 0. The molecular weight excluding hydrogens is 695 g/mol. The van der Waals surface area contributed by atoms with E-state index in [1.165, 1.54) is 5.39 Å². The Morgan fingerprint density at radius 2 is 0.842 bits per heavy atom. The van der Waals surface area contributed by atoms with Crippen LogP contribution < -0.4 is 0 Å². The van der Waals surface area contributed by atoms with E-state index in [0.29, 0.717) is 11.6 Å². The van der Waals surface area contributed by atoms with Crippen LogP contribution in [0.3, 0.4) is 0 Å². The Morgan fingerprint density at radius 1 is 0.316 bits per heavy atom. The van der Waals surface area contributed by atoms with E-state index in [0.717, 1.165) is 88.9 Å². The fourth-order valence-electron chi connectivity index (χ4n) is 8.13. The molecule has 0 radical (unpaired) electrons. The smallest absolute Gasteiger partial charge is 0.163 e. The van der Waals surface area contributed by atoms with Crippen LogP contribution in [0.2, 0.25) is 0 Å². The molecule has 11 aromatic rings. The topological polar surface area (TPSA) is 56.0 Å². The summed E-state index contributed by atoms with van der Waals surface area (Å²) in [5, 5.41) is 6.80. The number of hydrogen-bond donors (Lipinski definition) is 0. The van der Waals surface area contributed by atoms with Gasteiger partial charge in [0, 0.05) is 38.6 Å². The molecule has 0 aliphatic heterocycles. The molecular formula is C52H33N5. The second kappa shape index (κ2) is 13.5. The Morgan fingerprint density at radius 3 is 1.54 bits per heavy atom. The highest BCUT2D eigenvalue weighted by Crippen LogP contribution is 2.39. The third kappa shape index (κ3) is 5.64. The molecule has 0 aliphatic carbocycles. The highest BCUT2D eigenvalue weighted by molar-refractivity contribution is 6.06. The zero-order chi connectivity index (χ0) is 37.7. The number of aromatic nitrogens is 5. The Bertz CT molecular complexity index is 3170. The first-order chi connectivity index (χ1) is 28.3. The van der Waals surface area contributed by atoms with Crippen LogP contribution in [0.1, 0.15) is 0 Å². The van der Waals surface area contributed by atoms with Gasteiger partial charge in [0.15, 0.2) is 11.6 Å². The summed E-state index contributed by atoms with van der Waals surface area (Å²) in [6.45, 7) is 0. The van der Waals surface area contributed by atoms with Crippen molar-refractivity contribution in [3.8, 4) is 67.9 Å². The van der Waals surface area contributed by atoms with Gasteiger partial charge in [0.2, 0.25) is 0 Å². The monoisotopic (exact) mass is 727 g/mol. The SMILES string of the molecule is c1ccc(-c2nc(-c3ccc(-c4cc(-c5cccc6ccccc56)nc(-c5cccc6ccccc56)n4)cc3)n3c(-c4ccccc4)c4ccccc4c3n2)cc1. The highest BCUT2D eigenvalue weighted by atomic mass is 15.1. The molecule has 0 bridgehead atoms. The minimum atomic E-state index is 0.681. The number of benzene rings is 8. The second-order valence-electron chi connectivity index (χ2n) is 14.2. The summed E-state index contributed by atoms with van der Waals surface area (Å²) in [5.74, 6) is 2.18. The minimum absolute atomic E-state index is 0.681. The van der Waals surface area contributed by atoms with Gasteiger partial charge in [-0.15, -0.1) is 0 Å². The molecule has 0 amide bonds. The van der Waals surface area contributed by atoms with Crippen LogP contribution in [0.25, 0.3) is 106 Å². The van der Waals surface area contributed by atoms with Gasteiger partial charge >= 0.3 is 0 Å². The van der Waals surface area contributed by atoms with Crippen molar-refractivity contribution in [2.45, 2.75) is 0 Å². The van der Waals surface area contributed by atoms with Crippen LogP contribution in [-0.4, -0.2) is 24.3 Å². The van der Waals surface area contributed by atoms with Gasteiger partial charge in [-0.2, -0.15) is 0 Å². The van der Waals surface area contributed by atoms with Crippen LogP contribution in [-0.2, 0) is 0 Å². The quantitative estimate of drug-likeness (QED) is 0.171. The molecule has 0 N–H and O–H groups in total. The molecule has 266 valence electrons. The summed E-state index contributed by atoms with van der Waals surface area (Å²) in [5.41, 5.74) is 9.74. The van der Waals surface area contributed by atoms with E-state index in [2.05, 4.69) is 186 Å². The lowest BCUT2D eigenvalue weighted by molar-refractivity contribution is 1.05. The van der Waals surface area contributed by atoms with E-state index in [1.807, 2.05) is 18.2 Å². The maximum absolute atomic E-state index is 5.32. The Hall–Kier alpha value is -7.76. The second-order valence-corrected chi connectivity index (χ2v) is 14.2. The van der Waals surface area contributed by atoms with Crippen molar-refractivity contribution in [2.24, 2.45) is 0 Å². The van der Waals surface area contributed by atoms with Crippen LogP contribution in [0.5, 0.6) is 0 Å². The van der Waals surface area contributed by atoms with Crippen molar-refractivity contribution in [2.75, 3.05) is 0 Å². The molecule has 0 unspecified atom stereocenters. The first-order valence-corrected chi connectivity index (χ1v) is 19.1. The molecule has 0 fully saturated rings. The van der Waals surface area contributed by atoms with Gasteiger partial charge in [0.05, 0.1) is 17.1 Å². The standard InChI is InChI=1S/C52H33N5/c1-3-17-37(18-4-1)48-43-25-11-12-26-45(43)52-56-49(38-19-5-2-6-20-38)55-51(57(48)52)39-31-29-36(30-32-39)46-33-47(42-27-13-21-34-15-7-9-23-40(34)42)54-50(53-46)44-28-14-22-35-16-8-10-24-41(35)44/h1-33H. The maximum atomic E-state index is 5.32. The molecule has 11 rings (SSSR count). The van der Waals surface area contributed by atoms with Gasteiger partial charge in [0.1, 0.15) is 11.5 Å². The summed E-state index contributed by atoms with van der Waals surface area (Å²) < 4.78 is 2.23. The first-order valence-electron chi connectivity index (χ1n) is 19.1. The van der Waals surface area contributed by atoms with E-state index in [4.69, 9.17) is 19.9 Å². The third-order valence-corrected chi connectivity index (χ3v) is 10.8. The molecule has 0 spiro atoms. The molecule has 5 nitrogen and oxygen atoms in total. The predicted octanol–water partition coefficient (Wildman–Crippen LogP) is 13.0. The van der Waals surface area contributed by atoms with E-state index in [9.17, 15) is 0 Å². The predicted molar refractivity (Wildman–Crippen MR) is 234 cm³/mol. The lowest BCUT2D eigenvalue weighted by Gasteiger charge is -2.14. The van der Waals surface area contributed by atoms with Gasteiger partial charge in [-0.25, -0.2) is 19.9 Å². The third-order valence-electron chi connectivity index (χ3n) is 10.8. The molecule has 0 saturated heterocycles. The highest BCUT2D eigenvalue weighted by Gasteiger charge is 2.21. The summed E-state index contributed by atoms with van der Waals surface area (Å²) >= 11 is 0. The average molecular weight is 728 g/mol. The molecule has 0 saturated carbocycles. The molecule has 3 aromatic heterocycles. The average Bonchev–Trinajstić information content (AvgIpc) is 3.63. The van der Waals surface area contributed by atoms with Crippen molar-refractivity contribution >= 4 is 38.0 Å². The molecule has 3 heterocycles. The lowest BCUT2D eigenvalue weighted by atomic mass is 9.99. The van der Waals surface area contributed by atoms with Crippen LogP contribution in [0, 0.1) is 0 Å². The van der Waals surface area contributed by atoms with Gasteiger partial charge in [-0.3, -0.25) is 4.40 Å². The zero-order valence-electron chi connectivity index (χ0n) is 30.8. The Kier molecular flexibility index (Phi) is 7.74. The van der Waals surface area contributed by atoms with Crippen LogP contribution in [0.15, 0.2) is 200 Å². The van der Waals surface area contributed by atoms with Gasteiger partial charge in [-0.05, 0) is 33.2 Å². The van der Waals surface area contributed by atoms with Gasteiger partial charge in [0.25, 0.3) is 0 Å². The lowest BCUT2D eigenvalue weighted by Crippen LogP contribution is -2.03. The molecule has 8 aromatic carbocycles. The van der Waals surface area contributed by atoms with Gasteiger partial charge < -0.3 is 0 Å². The maximum Gasteiger partial charge on any atom is 0.163 e. The van der Waals surface area contributed by atoms with Crippen LogP contribution in [0.4, 0.5) is 0 Å². The Labute approximate surface area is 329 Å². The van der Waals surface area contributed by atoms with Crippen molar-refractivity contribution in [3.05, 3.63) is 200 Å². The van der Waals surface area contributed by atoms with Crippen molar-refractivity contribution in [1.82, 2.24) is 24.3 Å². The van der Waals surface area contributed by atoms with E-state index in [1.54, 1.807) is 0 Å². The number of nitrogens with zero attached hydrogens (tertiary/aromatic N) is 5. The fourth-order valence-corrected chi connectivity index (χ4v) is 8.13. The summed E-state index contributed by atoms with van der Waals surface area (Å²) in [7, 11) is 0. The van der Waals surface area contributed by atoms with Gasteiger partial charge in [-0.1, -0.05) is 194 Å². The van der Waals surface area contributed by atoms with E-state index in [-0.39, 0.29) is 0 Å². The molecule has 0 atom stereocenters. The fraction of sp³-hybridized carbons (Fsp3) is 0.